The Labute approximate surface area is 88.0 Å². The van der Waals surface area contributed by atoms with E-state index in [0.29, 0.717) is 0 Å². The molecule has 0 aromatic rings. The van der Waals surface area contributed by atoms with E-state index in [0.717, 1.165) is 25.7 Å². The Morgan fingerprint density at radius 3 is 2.14 bits per heavy atom. The molecule has 0 bridgehead atoms. The van der Waals surface area contributed by atoms with E-state index in [-0.39, 0.29) is 11.8 Å². The Morgan fingerprint density at radius 1 is 1.21 bits per heavy atom. The fourth-order valence-corrected chi connectivity index (χ4v) is 1.41. The topological polar surface area (TPSA) is 23.6 Å². The van der Waals surface area contributed by atoms with Gasteiger partial charge in [-0.15, -0.1) is 0 Å². The zero-order valence-electron chi connectivity index (χ0n) is 10.2. The molecule has 14 heavy (non-hydrogen) atoms. The van der Waals surface area contributed by atoms with E-state index < -0.39 is 0 Å². The summed E-state index contributed by atoms with van der Waals surface area (Å²) in [6.45, 7) is 4.24. The Kier molecular flexibility index (Phi) is 6.54. The summed E-state index contributed by atoms with van der Waals surface area (Å²) in [7, 11) is 5.62. The molecule has 84 valence electrons. The molecule has 0 saturated carbocycles. The highest BCUT2D eigenvalue weighted by atomic mass is 16.2. The maximum absolute atomic E-state index is 11.9. The van der Waals surface area contributed by atoms with E-state index in [4.69, 9.17) is 0 Å². The van der Waals surface area contributed by atoms with Gasteiger partial charge >= 0.3 is 0 Å². The maximum atomic E-state index is 11.9. The van der Waals surface area contributed by atoms with Gasteiger partial charge < -0.3 is 0 Å². The molecule has 0 aliphatic rings. The van der Waals surface area contributed by atoms with Crippen molar-refractivity contribution in [3.05, 3.63) is 0 Å². The van der Waals surface area contributed by atoms with Crippen molar-refractivity contribution in [1.29, 1.82) is 0 Å². The minimum absolute atomic E-state index is 0.197. The van der Waals surface area contributed by atoms with Gasteiger partial charge in [-0.25, -0.2) is 5.01 Å². The summed E-state index contributed by atoms with van der Waals surface area (Å²) in [5, 5.41) is 3.53. The van der Waals surface area contributed by atoms with Crippen molar-refractivity contribution in [2.75, 3.05) is 21.1 Å². The maximum Gasteiger partial charge on any atom is 0.239 e. The first-order chi connectivity index (χ1) is 6.54. The monoisotopic (exact) mass is 200 g/mol. The minimum atomic E-state index is 0.197. The third-order valence-electron chi connectivity index (χ3n) is 2.67. The lowest BCUT2D eigenvalue weighted by atomic mass is 9.98. The van der Waals surface area contributed by atoms with E-state index in [1.807, 2.05) is 26.2 Å². The first-order valence-electron chi connectivity index (χ1n) is 5.49. The number of rotatable bonds is 6. The molecular formula is C11H24N2O. The smallest absolute Gasteiger partial charge is 0.239 e. The van der Waals surface area contributed by atoms with Gasteiger partial charge in [0.05, 0.1) is 0 Å². The van der Waals surface area contributed by atoms with Crippen LogP contribution in [0, 0.1) is 5.92 Å². The van der Waals surface area contributed by atoms with Crippen LogP contribution in [-0.4, -0.2) is 37.1 Å². The van der Waals surface area contributed by atoms with Crippen molar-refractivity contribution < 1.29 is 4.79 Å². The Hall–Kier alpha value is -0.570. The predicted molar refractivity (Wildman–Crippen MR) is 59.8 cm³/mol. The molecule has 3 nitrogen and oxygen atoms in total. The van der Waals surface area contributed by atoms with Crippen LogP contribution in [0.15, 0.2) is 0 Å². The predicted octanol–water partition coefficient (Wildman–Crippen LogP) is 2.14. The van der Waals surface area contributed by atoms with Crippen LogP contribution in [0.2, 0.25) is 0 Å². The highest BCUT2D eigenvalue weighted by molar-refractivity contribution is 5.77. The zero-order chi connectivity index (χ0) is 11.1. The lowest BCUT2D eigenvalue weighted by molar-refractivity contribution is -0.146. The number of hydrogen-bond donors (Lipinski definition) is 0. The van der Waals surface area contributed by atoms with Crippen molar-refractivity contribution in [1.82, 2.24) is 10.0 Å². The summed E-state index contributed by atoms with van der Waals surface area (Å²) in [5.41, 5.74) is 0. The van der Waals surface area contributed by atoms with Crippen molar-refractivity contribution in [3.8, 4) is 0 Å². The summed E-state index contributed by atoms with van der Waals surface area (Å²) in [6, 6.07) is 0. The molecule has 3 heteroatoms. The van der Waals surface area contributed by atoms with Crippen molar-refractivity contribution in [3.63, 3.8) is 0 Å². The van der Waals surface area contributed by atoms with Crippen molar-refractivity contribution in [2.45, 2.75) is 39.5 Å². The van der Waals surface area contributed by atoms with E-state index in [1.165, 1.54) is 0 Å². The van der Waals surface area contributed by atoms with Gasteiger partial charge in [0.25, 0.3) is 0 Å². The van der Waals surface area contributed by atoms with Crippen LogP contribution in [0.25, 0.3) is 0 Å². The van der Waals surface area contributed by atoms with Crippen molar-refractivity contribution in [2.24, 2.45) is 5.92 Å². The lowest BCUT2D eigenvalue weighted by Gasteiger charge is -2.28. The summed E-state index contributed by atoms with van der Waals surface area (Å²) in [4.78, 5) is 11.9. The second kappa shape index (κ2) is 6.82. The first-order valence-corrected chi connectivity index (χ1v) is 5.49. The molecule has 1 unspecified atom stereocenters. The molecular weight excluding hydrogens is 176 g/mol. The largest absolute Gasteiger partial charge is 0.279 e. The highest BCUT2D eigenvalue weighted by Crippen LogP contribution is 2.15. The van der Waals surface area contributed by atoms with E-state index in [1.54, 1.807) is 5.01 Å². The number of carbonyl (C=O) groups excluding carboxylic acids is 1. The van der Waals surface area contributed by atoms with Gasteiger partial charge in [-0.1, -0.05) is 26.7 Å². The zero-order valence-corrected chi connectivity index (χ0v) is 10.2. The number of nitrogens with zero attached hydrogens (tertiary/aromatic N) is 2. The standard InChI is InChI=1S/C11H24N2O/c1-6-8-9-10(7-2)11(14)13(5)12(3)4/h10H,6-9H2,1-5H3. The van der Waals surface area contributed by atoms with Gasteiger partial charge in [-0.3, -0.25) is 9.80 Å². The number of carbonyl (C=O) groups is 1. The van der Waals surface area contributed by atoms with Gasteiger partial charge in [-0.05, 0) is 12.8 Å². The molecule has 0 fully saturated rings. The molecule has 0 saturated heterocycles. The van der Waals surface area contributed by atoms with Crippen LogP contribution in [-0.2, 0) is 4.79 Å². The van der Waals surface area contributed by atoms with Gasteiger partial charge in [0.1, 0.15) is 0 Å². The van der Waals surface area contributed by atoms with Gasteiger partial charge in [0.2, 0.25) is 5.91 Å². The van der Waals surface area contributed by atoms with Crippen LogP contribution in [0.3, 0.4) is 0 Å². The number of hydrazine groups is 1. The van der Waals surface area contributed by atoms with Gasteiger partial charge in [0.15, 0.2) is 0 Å². The first kappa shape index (κ1) is 13.4. The summed E-state index contributed by atoms with van der Waals surface area (Å²) < 4.78 is 0. The number of hydrogen-bond acceptors (Lipinski definition) is 2. The molecule has 0 aliphatic heterocycles. The SMILES string of the molecule is CCCCC(CC)C(=O)N(C)N(C)C. The Bertz CT molecular complexity index is 169. The average Bonchev–Trinajstić information content (AvgIpc) is 2.17. The van der Waals surface area contributed by atoms with Crippen molar-refractivity contribution >= 4 is 5.91 Å². The molecule has 0 rings (SSSR count). The van der Waals surface area contributed by atoms with Crippen LogP contribution >= 0.6 is 0 Å². The van der Waals surface area contributed by atoms with Crippen LogP contribution in [0.1, 0.15) is 39.5 Å². The average molecular weight is 200 g/mol. The summed E-state index contributed by atoms with van der Waals surface area (Å²) in [6.07, 6.45) is 4.27. The Balaban J connectivity index is 4.16. The van der Waals surface area contributed by atoms with E-state index in [2.05, 4.69) is 13.8 Å². The molecule has 0 aromatic carbocycles. The fourth-order valence-electron chi connectivity index (χ4n) is 1.41. The quantitative estimate of drug-likeness (QED) is 0.613. The van der Waals surface area contributed by atoms with Crippen LogP contribution in [0.4, 0.5) is 0 Å². The molecule has 0 aliphatic carbocycles. The lowest BCUT2D eigenvalue weighted by Crippen LogP contribution is -2.41. The molecule has 0 N–H and O–H groups in total. The van der Waals surface area contributed by atoms with E-state index in [9.17, 15) is 4.79 Å². The molecule has 0 spiro atoms. The fraction of sp³-hybridized carbons (Fsp3) is 0.909. The molecule has 1 amide bonds. The molecule has 0 heterocycles. The second-order valence-corrected chi connectivity index (χ2v) is 3.96. The molecule has 0 radical (unpaired) electrons. The Morgan fingerprint density at radius 2 is 1.79 bits per heavy atom. The number of unbranched alkanes of at least 4 members (excludes halogenated alkanes) is 1. The third-order valence-corrected chi connectivity index (χ3v) is 2.67. The summed E-state index contributed by atoms with van der Waals surface area (Å²) >= 11 is 0. The minimum Gasteiger partial charge on any atom is -0.279 e. The highest BCUT2D eigenvalue weighted by Gasteiger charge is 2.20. The molecule has 1 atom stereocenters. The van der Waals surface area contributed by atoms with Crippen LogP contribution < -0.4 is 0 Å². The number of amides is 1. The van der Waals surface area contributed by atoms with Crippen LogP contribution in [0.5, 0.6) is 0 Å². The van der Waals surface area contributed by atoms with Gasteiger partial charge in [0, 0.05) is 27.1 Å². The normalized spacial score (nSPS) is 13.0. The van der Waals surface area contributed by atoms with Gasteiger partial charge in [-0.2, -0.15) is 0 Å². The molecule has 0 aromatic heterocycles. The van der Waals surface area contributed by atoms with E-state index >= 15 is 0 Å². The second-order valence-electron chi connectivity index (χ2n) is 3.96. The third kappa shape index (κ3) is 4.09. The summed E-state index contributed by atoms with van der Waals surface area (Å²) in [5.74, 6) is 0.438.